The number of aryl methyl sites for hydroxylation is 2. The lowest BCUT2D eigenvalue weighted by atomic mass is 10.2. The summed E-state index contributed by atoms with van der Waals surface area (Å²) >= 11 is 0. The van der Waals surface area contributed by atoms with Crippen LogP contribution < -0.4 is 19.5 Å². The second kappa shape index (κ2) is 10.2. The molecular formula is C22H28N2O7S. The Morgan fingerprint density at radius 2 is 1.69 bits per heavy atom. The quantitative estimate of drug-likeness (QED) is 0.640. The molecule has 0 radical (unpaired) electrons. The summed E-state index contributed by atoms with van der Waals surface area (Å²) in [6, 6.07) is 8.33. The molecule has 2 aromatic carbocycles. The molecule has 2 aromatic rings. The maximum atomic E-state index is 13.0. The van der Waals surface area contributed by atoms with E-state index in [1.54, 1.807) is 31.2 Å². The van der Waals surface area contributed by atoms with Crippen LogP contribution in [0.5, 0.6) is 17.2 Å². The molecule has 3 rings (SSSR count). The number of carbonyl (C=O) groups excluding carboxylic acids is 1. The molecule has 1 saturated heterocycles. The van der Waals surface area contributed by atoms with E-state index in [1.165, 1.54) is 24.6 Å². The van der Waals surface area contributed by atoms with Crippen molar-refractivity contribution < 1.29 is 32.2 Å². The third-order valence-corrected chi connectivity index (χ3v) is 7.05. The number of hydrogen-bond acceptors (Lipinski definition) is 7. The number of rotatable bonds is 8. The van der Waals surface area contributed by atoms with E-state index in [4.69, 9.17) is 18.9 Å². The molecule has 1 fully saturated rings. The highest BCUT2D eigenvalue weighted by Gasteiger charge is 2.28. The number of carbonyl (C=O) groups is 1. The van der Waals surface area contributed by atoms with E-state index in [0.29, 0.717) is 54.8 Å². The number of anilines is 1. The largest absolute Gasteiger partial charge is 0.493 e. The van der Waals surface area contributed by atoms with Gasteiger partial charge in [0.1, 0.15) is 0 Å². The molecule has 0 spiro atoms. The molecule has 10 heteroatoms. The summed E-state index contributed by atoms with van der Waals surface area (Å²) in [5.41, 5.74) is 1.88. The Balaban J connectivity index is 1.73. The van der Waals surface area contributed by atoms with E-state index in [1.807, 2.05) is 6.92 Å². The van der Waals surface area contributed by atoms with Crippen molar-refractivity contribution in [3.8, 4) is 17.2 Å². The number of ether oxygens (including phenoxy) is 4. The summed E-state index contributed by atoms with van der Waals surface area (Å²) in [7, 11) is -0.683. The van der Waals surface area contributed by atoms with Crippen molar-refractivity contribution in [3.05, 3.63) is 41.5 Å². The van der Waals surface area contributed by atoms with Gasteiger partial charge in [-0.25, -0.2) is 8.42 Å². The maximum Gasteiger partial charge on any atom is 0.262 e. The average Bonchev–Trinajstić information content (AvgIpc) is 2.79. The number of nitrogens with zero attached hydrogens (tertiary/aromatic N) is 1. The van der Waals surface area contributed by atoms with Gasteiger partial charge in [-0.05, 0) is 49.2 Å². The van der Waals surface area contributed by atoms with E-state index in [2.05, 4.69) is 5.32 Å². The minimum atomic E-state index is -3.69. The van der Waals surface area contributed by atoms with Crippen molar-refractivity contribution in [2.45, 2.75) is 18.7 Å². The van der Waals surface area contributed by atoms with Crippen LogP contribution in [0.25, 0.3) is 0 Å². The number of hydrogen-bond donors (Lipinski definition) is 1. The highest BCUT2D eigenvalue weighted by atomic mass is 32.2. The molecule has 174 valence electrons. The first-order valence-electron chi connectivity index (χ1n) is 10.1. The molecular weight excluding hydrogens is 436 g/mol. The highest BCUT2D eigenvalue weighted by Crippen LogP contribution is 2.38. The topological polar surface area (TPSA) is 103 Å². The van der Waals surface area contributed by atoms with Gasteiger partial charge in [-0.1, -0.05) is 6.07 Å². The monoisotopic (exact) mass is 464 g/mol. The molecule has 9 nitrogen and oxygen atoms in total. The fourth-order valence-corrected chi connectivity index (χ4v) is 5.03. The third-order valence-electron chi connectivity index (χ3n) is 5.01. The Morgan fingerprint density at radius 1 is 1.06 bits per heavy atom. The fraction of sp³-hybridized carbons (Fsp3) is 0.409. The molecule has 0 aliphatic carbocycles. The molecule has 0 saturated carbocycles. The van der Waals surface area contributed by atoms with Crippen LogP contribution >= 0.6 is 0 Å². The van der Waals surface area contributed by atoms with Gasteiger partial charge in [-0.15, -0.1) is 0 Å². The Labute approximate surface area is 188 Å². The molecule has 0 bridgehead atoms. The third kappa shape index (κ3) is 5.32. The van der Waals surface area contributed by atoms with Gasteiger partial charge < -0.3 is 24.3 Å². The molecule has 1 aliphatic rings. The van der Waals surface area contributed by atoms with E-state index < -0.39 is 15.9 Å². The van der Waals surface area contributed by atoms with Gasteiger partial charge in [0.15, 0.2) is 18.1 Å². The van der Waals surface area contributed by atoms with E-state index in [9.17, 15) is 13.2 Å². The first kappa shape index (κ1) is 23.8. The molecule has 1 N–H and O–H groups in total. The van der Waals surface area contributed by atoms with Crippen LogP contribution in [0.3, 0.4) is 0 Å². The van der Waals surface area contributed by atoms with Gasteiger partial charge in [0.05, 0.1) is 32.3 Å². The Kier molecular flexibility index (Phi) is 7.60. The molecule has 1 amide bonds. The number of amides is 1. The van der Waals surface area contributed by atoms with E-state index in [-0.39, 0.29) is 11.5 Å². The van der Waals surface area contributed by atoms with Gasteiger partial charge in [0.2, 0.25) is 15.8 Å². The summed E-state index contributed by atoms with van der Waals surface area (Å²) < 4.78 is 49.0. The van der Waals surface area contributed by atoms with E-state index in [0.717, 1.165) is 5.56 Å². The number of morpholine rings is 1. The molecule has 1 heterocycles. The first-order valence-corrected chi connectivity index (χ1v) is 11.5. The van der Waals surface area contributed by atoms with Crippen LogP contribution in [-0.2, 0) is 19.6 Å². The molecule has 0 unspecified atom stereocenters. The minimum Gasteiger partial charge on any atom is -0.493 e. The zero-order chi connectivity index (χ0) is 23.3. The summed E-state index contributed by atoms with van der Waals surface area (Å²) in [5, 5.41) is 2.69. The predicted octanol–water partition coefficient (Wildman–Crippen LogP) is 2.36. The van der Waals surface area contributed by atoms with Crippen molar-refractivity contribution in [1.29, 1.82) is 0 Å². The van der Waals surface area contributed by atoms with Gasteiger partial charge in [-0.2, -0.15) is 4.31 Å². The summed E-state index contributed by atoms with van der Waals surface area (Å²) in [6.45, 7) is 4.61. The van der Waals surface area contributed by atoms with Gasteiger partial charge in [-0.3, -0.25) is 4.79 Å². The summed E-state index contributed by atoms with van der Waals surface area (Å²) in [4.78, 5) is 12.7. The van der Waals surface area contributed by atoms with Crippen molar-refractivity contribution >= 4 is 21.6 Å². The zero-order valence-electron chi connectivity index (χ0n) is 18.6. The normalized spacial score (nSPS) is 14.6. The van der Waals surface area contributed by atoms with Crippen molar-refractivity contribution in [3.63, 3.8) is 0 Å². The van der Waals surface area contributed by atoms with Crippen LogP contribution in [0, 0.1) is 13.8 Å². The van der Waals surface area contributed by atoms with Crippen LogP contribution in [0.4, 0.5) is 5.69 Å². The number of nitrogens with one attached hydrogen (secondary N) is 1. The molecule has 32 heavy (non-hydrogen) atoms. The lowest BCUT2D eigenvalue weighted by Gasteiger charge is -2.26. The van der Waals surface area contributed by atoms with Gasteiger partial charge in [0, 0.05) is 18.8 Å². The van der Waals surface area contributed by atoms with E-state index >= 15 is 0 Å². The number of sulfonamides is 1. The van der Waals surface area contributed by atoms with Crippen LogP contribution in [0.2, 0.25) is 0 Å². The summed E-state index contributed by atoms with van der Waals surface area (Å²) in [5.74, 6) is 0.760. The van der Waals surface area contributed by atoms with Crippen molar-refractivity contribution in [2.75, 3.05) is 52.4 Å². The SMILES string of the molecule is COc1cc(C)cc(OC)c1OCC(=O)Nc1ccc(C)c(S(=O)(=O)N2CCOCC2)c1. The Morgan fingerprint density at radius 3 is 2.28 bits per heavy atom. The standard InChI is InChI=1S/C22H28N2O7S/c1-15-11-18(28-3)22(19(12-15)29-4)31-14-21(25)23-17-6-5-16(2)20(13-17)32(26,27)24-7-9-30-10-8-24/h5-6,11-13H,7-10,14H2,1-4H3,(H,23,25). The maximum absolute atomic E-state index is 13.0. The van der Waals surface area contributed by atoms with Gasteiger partial charge >= 0.3 is 0 Å². The molecule has 0 atom stereocenters. The Bertz CT molecular complexity index is 1050. The molecule has 0 aromatic heterocycles. The lowest BCUT2D eigenvalue weighted by Crippen LogP contribution is -2.40. The lowest BCUT2D eigenvalue weighted by molar-refractivity contribution is -0.118. The zero-order valence-corrected chi connectivity index (χ0v) is 19.5. The van der Waals surface area contributed by atoms with Crippen molar-refractivity contribution in [2.24, 2.45) is 0 Å². The smallest absolute Gasteiger partial charge is 0.262 e. The van der Waals surface area contributed by atoms with Crippen LogP contribution in [0.1, 0.15) is 11.1 Å². The second-order valence-electron chi connectivity index (χ2n) is 7.33. The molecule has 1 aliphatic heterocycles. The number of benzene rings is 2. The van der Waals surface area contributed by atoms with Gasteiger partial charge in [0.25, 0.3) is 5.91 Å². The predicted molar refractivity (Wildman–Crippen MR) is 119 cm³/mol. The van der Waals surface area contributed by atoms with Crippen LogP contribution in [0.15, 0.2) is 35.2 Å². The minimum absolute atomic E-state index is 0.153. The average molecular weight is 465 g/mol. The van der Waals surface area contributed by atoms with Crippen molar-refractivity contribution in [1.82, 2.24) is 4.31 Å². The first-order chi connectivity index (χ1) is 15.3. The fourth-order valence-electron chi connectivity index (χ4n) is 3.37. The highest BCUT2D eigenvalue weighted by molar-refractivity contribution is 7.89. The Hall–Kier alpha value is -2.82. The number of methoxy groups -OCH3 is 2. The summed E-state index contributed by atoms with van der Waals surface area (Å²) in [6.07, 6.45) is 0. The van der Waals surface area contributed by atoms with Crippen LogP contribution in [-0.4, -0.2) is 65.8 Å². The second-order valence-corrected chi connectivity index (χ2v) is 9.24.